The number of hydrogen-bond acceptors (Lipinski definition) is 5. The fraction of sp³-hybridized carbons (Fsp3) is 0.0952. The van der Waals surface area contributed by atoms with E-state index < -0.39 is 35.1 Å². The third-order valence-corrected chi connectivity index (χ3v) is 4.59. The maximum Gasteiger partial charge on any atom is 0.301 e. The number of hydrogen-bond donors (Lipinski definition) is 1. The average molecular weight is 396 g/mol. The first-order chi connectivity index (χ1) is 13.9. The molecule has 8 heteroatoms. The van der Waals surface area contributed by atoms with Gasteiger partial charge in [0.25, 0.3) is 5.78 Å². The van der Waals surface area contributed by atoms with E-state index in [1.807, 2.05) is 0 Å². The van der Waals surface area contributed by atoms with Crippen LogP contribution in [0.1, 0.15) is 22.9 Å². The van der Waals surface area contributed by atoms with Gasteiger partial charge >= 0.3 is 5.91 Å². The van der Waals surface area contributed by atoms with Crippen molar-refractivity contribution in [2.45, 2.75) is 13.0 Å². The molecule has 0 spiro atoms. The van der Waals surface area contributed by atoms with Crippen LogP contribution in [0.25, 0.3) is 5.76 Å². The summed E-state index contributed by atoms with van der Waals surface area (Å²) in [7, 11) is 0. The number of amides is 1. The zero-order valence-corrected chi connectivity index (χ0v) is 15.1. The van der Waals surface area contributed by atoms with Crippen LogP contribution < -0.4 is 4.90 Å². The van der Waals surface area contributed by atoms with Gasteiger partial charge in [0.2, 0.25) is 0 Å². The van der Waals surface area contributed by atoms with Crippen LogP contribution in [0.5, 0.6) is 0 Å². The number of aryl methyl sites for hydroxylation is 1. The van der Waals surface area contributed by atoms with Crippen molar-refractivity contribution in [1.29, 1.82) is 0 Å². The number of carbonyl (C=O) groups excluding carboxylic acids is 2. The van der Waals surface area contributed by atoms with Crippen LogP contribution in [0.4, 0.5) is 14.6 Å². The zero-order valence-electron chi connectivity index (χ0n) is 15.1. The summed E-state index contributed by atoms with van der Waals surface area (Å²) in [5.41, 5.74) is 0.142. The highest BCUT2D eigenvalue weighted by Gasteiger charge is 2.48. The fourth-order valence-electron chi connectivity index (χ4n) is 3.29. The first-order valence-corrected chi connectivity index (χ1v) is 8.62. The Balaban J connectivity index is 1.95. The molecule has 4 rings (SSSR count). The molecule has 1 N–H and O–H groups in total. The molecule has 0 unspecified atom stereocenters. The molecule has 6 nitrogen and oxygen atoms in total. The molecule has 1 atom stereocenters. The molecule has 1 aliphatic rings. The van der Waals surface area contributed by atoms with Crippen LogP contribution in [0.3, 0.4) is 0 Å². The van der Waals surface area contributed by atoms with Gasteiger partial charge in [0.1, 0.15) is 23.2 Å². The van der Waals surface area contributed by atoms with Gasteiger partial charge in [-0.2, -0.15) is 0 Å². The highest BCUT2D eigenvalue weighted by Crippen LogP contribution is 2.41. The largest absolute Gasteiger partial charge is 0.507 e. The van der Waals surface area contributed by atoms with Gasteiger partial charge in [0.05, 0.1) is 11.6 Å². The molecule has 3 aromatic rings. The Morgan fingerprint density at radius 1 is 1.07 bits per heavy atom. The van der Waals surface area contributed by atoms with Crippen LogP contribution in [-0.2, 0) is 9.59 Å². The molecule has 146 valence electrons. The zero-order chi connectivity index (χ0) is 20.7. The third-order valence-electron chi connectivity index (χ3n) is 4.59. The number of benzene rings is 2. The number of nitrogens with zero attached hydrogens (tertiary/aromatic N) is 2. The number of Topliss-reactive ketones (excluding diaryl/α,β-unsaturated/α-hetero) is 1. The highest BCUT2D eigenvalue weighted by atomic mass is 19.1. The molecule has 1 aromatic heterocycles. The number of rotatable bonds is 3. The molecular weight excluding hydrogens is 382 g/mol. The molecular formula is C21H14F2N2O4. The molecule has 0 aliphatic carbocycles. The fourth-order valence-corrected chi connectivity index (χ4v) is 3.29. The van der Waals surface area contributed by atoms with E-state index in [0.29, 0.717) is 5.76 Å². The van der Waals surface area contributed by atoms with E-state index >= 15 is 0 Å². The van der Waals surface area contributed by atoms with E-state index in [1.165, 1.54) is 36.4 Å². The normalized spacial score (nSPS) is 18.4. The number of aliphatic hydroxyl groups excluding tert-OH is 1. The molecule has 1 fully saturated rings. The van der Waals surface area contributed by atoms with E-state index in [2.05, 4.69) is 5.16 Å². The van der Waals surface area contributed by atoms with Crippen molar-refractivity contribution >= 4 is 23.3 Å². The lowest BCUT2D eigenvalue weighted by Crippen LogP contribution is -2.29. The minimum Gasteiger partial charge on any atom is -0.507 e. The Bertz CT molecular complexity index is 1150. The van der Waals surface area contributed by atoms with Crippen LogP contribution >= 0.6 is 0 Å². The quantitative estimate of drug-likeness (QED) is 0.413. The number of aromatic nitrogens is 1. The van der Waals surface area contributed by atoms with Crippen molar-refractivity contribution in [3.05, 3.63) is 88.7 Å². The highest BCUT2D eigenvalue weighted by molar-refractivity contribution is 6.51. The van der Waals surface area contributed by atoms with Crippen LogP contribution in [0.2, 0.25) is 0 Å². The van der Waals surface area contributed by atoms with Gasteiger partial charge in [0, 0.05) is 11.6 Å². The van der Waals surface area contributed by atoms with Crippen molar-refractivity contribution < 1.29 is 28.0 Å². The second-order valence-electron chi connectivity index (χ2n) is 6.53. The smallest absolute Gasteiger partial charge is 0.301 e. The molecule has 1 saturated heterocycles. The number of aliphatic hydroxyl groups is 1. The Morgan fingerprint density at radius 3 is 2.41 bits per heavy atom. The van der Waals surface area contributed by atoms with E-state index in [4.69, 9.17) is 4.52 Å². The number of carbonyl (C=O) groups is 2. The van der Waals surface area contributed by atoms with Gasteiger partial charge in [-0.05, 0) is 48.9 Å². The van der Waals surface area contributed by atoms with E-state index in [0.717, 1.165) is 23.1 Å². The SMILES string of the molecule is Cc1cc(N2C(=O)C(=O)/C(=C(/O)c3ccc(F)cc3)[C@H]2c2cccc(F)c2)no1. The average Bonchev–Trinajstić information content (AvgIpc) is 3.23. The predicted molar refractivity (Wildman–Crippen MR) is 98.8 cm³/mol. The van der Waals surface area contributed by atoms with Crippen molar-refractivity contribution in [3.8, 4) is 0 Å². The Labute approximate surface area is 163 Å². The molecule has 2 aromatic carbocycles. The van der Waals surface area contributed by atoms with E-state index in [1.54, 1.807) is 6.92 Å². The molecule has 0 radical (unpaired) electrons. The summed E-state index contributed by atoms with van der Waals surface area (Å²) < 4.78 is 32.2. The summed E-state index contributed by atoms with van der Waals surface area (Å²) in [5.74, 6) is -3.07. The second-order valence-corrected chi connectivity index (χ2v) is 6.53. The molecule has 0 bridgehead atoms. The van der Waals surface area contributed by atoms with Gasteiger partial charge in [-0.25, -0.2) is 8.78 Å². The number of halogens is 2. The van der Waals surface area contributed by atoms with E-state index in [-0.39, 0.29) is 22.5 Å². The lowest BCUT2D eigenvalue weighted by Gasteiger charge is -2.22. The maximum atomic E-state index is 13.9. The first kappa shape index (κ1) is 18.5. The summed E-state index contributed by atoms with van der Waals surface area (Å²) in [6.07, 6.45) is 0. The second kappa shape index (κ2) is 6.97. The number of ketones is 1. The summed E-state index contributed by atoms with van der Waals surface area (Å²) in [6.45, 7) is 1.61. The molecule has 29 heavy (non-hydrogen) atoms. The van der Waals surface area contributed by atoms with Gasteiger partial charge in [-0.3, -0.25) is 14.5 Å². The third kappa shape index (κ3) is 3.18. The van der Waals surface area contributed by atoms with Crippen molar-refractivity contribution in [3.63, 3.8) is 0 Å². The lowest BCUT2D eigenvalue weighted by molar-refractivity contribution is -0.132. The maximum absolute atomic E-state index is 13.9. The van der Waals surface area contributed by atoms with Gasteiger partial charge in [-0.15, -0.1) is 0 Å². The summed E-state index contributed by atoms with van der Waals surface area (Å²) in [4.78, 5) is 26.6. The molecule has 0 saturated carbocycles. The topological polar surface area (TPSA) is 83.6 Å². The van der Waals surface area contributed by atoms with Gasteiger partial charge < -0.3 is 9.63 Å². The summed E-state index contributed by atoms with van der Waals surface area (Å²) in [6, 6.07) is 10.4. The Kier molecular flexibility index (Phi) is 4.46. The monoisotopic (exact) mass is 396 g/mol. The molecule has 1 aliphatic heterocycles. The van der Waals surface area contributed by atoms with Crippen LogP contribution in [0, 0.1) is 18.6 Å². The Morgan fingerprint density at radius 2 is 1.79 bits per heavy atom. The van der Waals surface area contributed by atoms with Crippen LogP contribution in [0.15, 0.2) is 64.7 Å². The van der Waals surface area contributed by atoms with E-state index in [9.17, 15) is 23.5 Å². The van der Waals surface area contributed by atoms with Crippen molar-refractivity contribution in [2.75, 3.05) is 4.90 Å². The summed E-state index contributed by atoms with van der Waals surface area (Å²) in [5, 5.41) is 14.6. The van der Waals surface area contributed by atoms with Gasteiger partial charge in [0.15, 0.2) is 5.82 Å². The minimum atomic E-state index is -1.14. The standard InChI is InChI=1S/C21H14F2N2O4/c1-11-9-16(24-29-11)25-18(13-3-2-4-15(23)10-13)17(20(27)21(25)28)19(26)12-5-7-14(22)8-6-12/h2-10,18,26H,1H3/b19-17+/t18-/m1/s1. The molecule has 1 amide bonds. The van der Waals surface area contributed by atoms with Crippen LogP contribution in [-0.4, -0.2) is 22.0 Å². The van der Waals surface area contributed by atoms with Gasteiger partial charge in [-0.1, -0.05) is 17.3 Å². The predicted octanol–water partition coefficient (Wildman–Crippen LogP) is 3.89. The van der Waals surface area contributed by atoms with Crippen molar-refractivity contribution in [2.24, 2.45) is 0 Å². The lowest BCUT2D eigenvalue weighted by atomic mass is 9.95. The minimum absolute atomic E-state index is 0.0528. The Hall–Kier alpha value is -3.81. The first-order valence-electron chi connectivity index (χ1n) is 8.62. The summed E-state index contributed by atoms with van der Waals surface area (Å²) >= 11 is 0. The van der Waals surface area contributed by atoms with Crippen molar-refractivity contribution in [1.82, 2.24) is 5.16 Å². The number of anilines is 1. The molecule has 2 heterocycles.